The standard InChI is InChI=1S/C11H19NO2/c1-14-8-11(13)12-7-6-9-4-2-3-5-10(9)12/h9-10H,2-8H2,1H3/t9-,10-/m0/s1. The summed E-state index contributed by atoms with van der Waals surface area (Å²) in [5, 5.41) is 0. The van der Waals surface area contributed by atoms with Crippen molar-refractivity contribution < 1.29 is 9.53 Å². The molecule has 80 valence electrons. The Hall–Kier alpha value is -0.570. The van der Waals surface area contributed by atoms with Crippen molar-refractivity contribution in [3.05, 3.63) is 0 Å². The molecule has 1 saturated carbocycles. The highest BCUT2D eigenvalue weighted by atomic mass is 16.5. The fourth-order valence-corrected chi connectivity index (χ4v) is 2.92. The summed E-state index contributed by atoms with van der Waals surface area (Å²) in [6.07, 6.45) is 6.38. The molecule has 2 fully saturated rings. The van der Waals surface area contributed by atoms with E-state index in [9.17, 15) is 4.79 Å². The van der Waals surface area contributed by atoms with E-state index < -0.39 is 0 Å². The lowest BCUT2D eigenvalue weighted by Crippen LogP contribution is -2.40. The Bertz CT molecular complexity index is 217. The maximum absolute atomic E-state index is 11.7. The van der Waals surface area contributed by atoms with Crippen molar-refractivity contribution in [3.8, 4) is 0 Å². The van der Waals surface area contributed by atoms with Gasteiger partial charge in [-0.25, -0.2) is 0 Å². The maximum Gasteiger partial charge on any atom is 0.248 e. The summed E-state index contributed by atoms with van der Waals surface area (Å²) in [6.45, 7) is 1.21. The Balaban J connectivity index is 1.96. The van der Waals surface area contributed by atoms with E-state index >= 15 is 0 Å². The van der Waals surface area contributed by atoms with Gasteiger partial charge in [0, 0.05) is 19.7 Å². The highest BCUT2D eigenvalue weighted by molar-refractivity contribution is 5.78. The predicted octanol–water partition coefficient (Wildman–Crippen LogP) is 1.42. The van der Waals surface area contributed by atoms with Gasteiger partial charge in [-0.15, -0.1) is 0 Å². The molecule has 1 aliphatic heterocycles. The fourth-order valence-electron chi connectivity index (χ4n) is 2.92. The minimum absolute atomic E-state index is 0.182. The Kier molecular flexibility index (Phi) is 3.06. The quantitative estimate of drug-likeness (QED) is 0.670. The van der Waals surface area contributed by atoms with E-state index in [2.05, 4.69) is 0 Å². The first kappa shape index (κ1) is 9.97. The second-order valence-electron chi connectivity index (χ2n) is 4.42. The van der Waals surface area contributed by atoms with E-state index in [4.69, 9.17) is 4.74 Å². The van der Waals surface area contributed by atoms with Gasteiger partial charge >= 0.3 is 0 Å². The number of methoxy groups -OCH3 is 1. The minimum atomic E-state index is 0.182. The lowest BCUT2D eigenvalue weighted by Gasteiger charge is -2.31. The van der Waals surface area contributed by atoms with Gasteiger partial charge in [0.15, 0.2) is 0 Å². The van der Waals surface area contributed by atoms with E-state index in [1.54, 1.807) is 7.11 Å². The van der Waals surface area contributed by atoms with Crippen LogP contribution in [0.5, 0.6) is 0 Å². The molecule has 0 aromatic heterocycles. The molecule has 14 heavy (non-hydrogen) atoms. The summed E-state index contributed by atoms with van der Waals surface area (Å²) < 4.78 is 4.90. The van der Waals surface area contributed by atoms with Crippen molar-refractivity contribution in [1.29, 1.82) is 0 Å². The summed E-state index contributed by atoms with van der Waals surface area (Å²) in [7, 11) is 1.59. The number of hydrogen-bond acceptors (Lipinski definition) is 2. The van der Waals surface area contributed by atoms with Crippen LogP contribution in [0.15, 0.2) is 0 Å². The number of fused-ring (bicyclic) bond motifs is 1. The fraction of sp³-hybridized carbons (Fsp3) is 0.909. The summed E-state index contributed by atoms with van der Waals surface area (Å²) in [4.78, 5) is 13.8. The van der Waals surface area contributed by atoms with Crippen molar-refractivity contribution in [2.24, 2.45) is 5.92 Å². The average molecular weight is 197 g/mol. The molecule has 0 unspecified atom stereocenters. The van der Waals surface area contributed by atoms with Crippen molar-refractivity contribution in [1.82, 2.24) is 4.90 Å². The van der Waals surface area contributed by atoms with Crippen molar-refractivity contribution in [2.75, 3.05) is 20.3 Å². The number of hydrogen-bond donors (Lipinski definition) is 0. The highest BCUT2D eigenvalue weighted by Gasteiger charge is 2.37. The molecular formula is C11H19NO2. The third-order valence-corrected chi connectivity index (χ3v) is 3.60. The van der Waals surface area contributed by atoms with Crippen LogP contribution in [-0.4, -0.2) is 37.1 Å². The van der Waals surface area contributed by atoms with Gasteiger partial charge in [-0.3, -0.25) is 4.79 Å². The molecule has 0 N–H and O–H groups in total. The monoisotopic (exact) mass is 197 g/mol. The lowest BCUT2D eigenvalue weighted by molar-refractivity contribution is -0.136. The molecule has 2 rings (SSSR count). The lowest BCUT2D eigenvalue weighted by atomic mass is 9.85. The summed E-state index contributed by atoms with van der Waals surface area (Å²) in [5.41, 5.74) is 0. The third-order valence-electron chi connectivity index (χ3n) is 3.60. The first-order valence-electron chi connectivity index (χ1n) is 5.61. The van der Waals surface area contributed by atoms with Crippen LogP contribution >= 0.6 is 0 Å². The molecule has 0 radical (unpaired) electrons. The third kappa shape index (κ3) is 1.78. The van der Waals surface area contributed by atoms with Crippen molar-refractivity contribution >= 4 is 5.91 Å². The normalized spacial score (nSPS) is 31.6. The number of likely N-dealkylation sites (tertiary alicyclic amines) is 1. The number of rotatable bonds is 2. The topological polar surface area (TPSA) is 29.5 Å². The molecule has 3 heteroatoms. The zero-order valence-corrected chi connectivity index (χ0v) is 8.87. The number of ether oxygens (including phenoxy) is 1. The molecule has 0 bridgehead atoms. The smallest absolute Gasteiger partial charge is 0.248 e. The molecule has 1 amide bonds. The zero-order valence-electron chi connectivity index (χ0n) is 8.87. The Morgan fingerprint density at radius 1 is 1.36 bits per heavy atom. The Labute approximate surface area is 85.4 Å². The number of amides is 1. The first-order valence-corrected chi connectivity index (χ1v) is 5.61. The number of carbonyl (C=O) groups excluding carboxylic acids is 1. The van der Waals surface area contributed by atoms with Gasteiger partial charge < -0.3 is 9.64 Å². The van der Waals surface area contributed by atoms with Crippen LogP contribution in [0.25, 0.3) is 0 Å². The zero-order chi connectivity index (χ0) is 9.97. The molecule has 2 aliphatic rings. The van der Waals surface area contributed by atoms with E-state index in [-0.39, 0.29) is 12.5 Å². The van der Waals surface area contributed by atoms with Gasteiger partial charge in [0.25, 0.3) is 0 Å². The summed E-state index contributed by atoms with van der Waals surface area (Å²) in [5.74, 6) is 0.964. The van der Waals surface area contributed by atoms with Gasteiger partial charge in [0.2, 0.25) is 5.91 Å². The molecule has 0 spiro atoms. The number of carbonyl (C=O) groups is 1. The molecule has 3 nitrogen and oxygen atoms in total. The van der Waals surface area contributed by atoms with Crippen LogP contribution < -0.4 is 0 Å². The van der Waals surface area contributed by atoms with Crippen LogP contribution in [0.2, 0.25) is 0 Å². The largest absolute Gasteiger partial charge is 0.375 e. The van der Waals surface area contributed by atoms with Crippen LogP contribution in [-0.2, 0) is 9.53 Å². The van der Waals surface area contributed by atoms with Crippen LogP contribution in [0, 0.1) is 5.92 Å². The minimum Gasteiger partial charge on any atom is -0.375 e. The van der Waals surface area contributed by atoms with E-state index in [1.165, 1.54) is 32.1 Å². The van der Waals surface area contributed by atoms with Gasteiger partial charge in [0.05, 0.1) is 0 Å². The Morgan fingerprint density at radius 2 is 2.14 bits per heavy atom. The van der Waals surface area contributed by atoms with Crippen molar-refractivity contribution in [3.63, 3.8) is 0 Å². The van der Waals surface area contributed by atoms with E-state index in [0.29, 0.717) is 6.04 Å². The van der Waals surface area contributed by atoms with E-state index in [0.717, 1.165) is 12.5 Å². The number of nitrogens with zero attached hydrogens (tertiary/aromatic N) is 1. The van der Waals surface area contributed by atoms with Gasteiger partial charge in [-0.1, -0.05) is 12.8 Å². The van der Waals surface area contributed by atoms with Gasteiger partial charge in [0.1, 0.15) is 6.61 Å². The molecule has 0 aromatic rings. The molecule has 2 atom stereocenters. The molecule has 1 aliphatic carbocycles. The first-order chi connectivity index (χ1) is 6.83. The maximum atomic E-state index is 11.7. The van der Waals surface area contributed by atoms with Crippen LogP contribution in [0.3, 0.4) is 0 Å². The van der Waals surface area contributed by atoms with Crippen LogP contribution in [0.4, 0.5) is 0 Å². The molecular weight excluding hydrogens is 178 g/mol. The average Bonchev–Trinajstić information content (AvgIpc) is 2.61. The van der Waals surface area contributed by atoms with Gasteiger partial charge in [-0.2, -0.15) is 0 Å². The Morgan fingerprint density at radius 3 is 2.93 bits per heavy atom. The second-order valence-corrected chi connectivity index (χ2v) is 4.42. The SMILES string of the molecule is COCC(=O)N1CC[C@@H]2CCCC[C@@H]21. The summed E-state index contributed by atoms with van der Waals surface area (Å²) in [6, 6.07) is 0.534. The van der Waals surface area contributed by atoms with Crippen molar-refractivity contribution in [2.45, 2.75) is 38.1 Å². The second kappa shape index (κ2) is 4.30. The van der Waals surface area contributed by atoms with Crippen LogP contribution in [0.1, 0.15) is 32.1 Å². The predicted molar refractivity (Wildman–Crippen MR) is 54.0 cm³/mol. The van der Waals surface area contributed by atoms with E-state index in [1.807, 2.05) is 4.90 Å². The molecule has 1 saturated heterocycles. The summed E-state index contributed by atoms with van der Waals surface area (Å²) >= 11 is 0. The molecule has 1 heterocycles. The van der Waals surface area contributed by atoms with Gasteiger partial charge in [-0.05, 0) is 25.2 Å². The highest BCUT2D eigenvalue weighted by Crippen LogP contribution is 2.35. The molecule has 0 aromatic carbocycles.